The second-order valence-electron chi connectivity index (χ2n) is 14.2. The second-order valence-corrected chi connectivity index (χ2v) is 14.6. The van der Waals surface area contributed by atoms with Crippen molar-refractivity contribution < 1.29 is 32.3 Å². The van der Waals surface area contributed by atoms with Crippen LogP contribution in [0.15, 0.2) is 18.6 Å². The molecule has 6 rings (SSSR count). The van der Waals surface area contributed by atoms with Crippen molar-refractivity contribution in [2.24, 2.45) is 16.2 Å². The lowest BCUT2D eigenvalue weighted by atomic mass is 9.80. The Morgan fingerprint density at radius 3 is 2.53 bits per heavy atom. The first-order chi connectivity index (χ1) is 22.0. The Morgan fingerprint density at radius 1 is 1.23 bits per heavy atom. The Morgan fingerprint density at radius 2 is 1.94 bits per heavy atom. The summed E-state index contributed by atoms with van der Waals surface area (Å²) in [5, 5.41) is 15.8. The van der Waals surface area contributed by atoms with Gasteiger partial charge in [0.15, 0.2) is 0 Å². The number of terminal acetylenes is 1. The Hall–Kier alpha value is -3.81. The van der Waals surface area contributed by atoms with Gasteiger partial charge < -0.3 is 20.3 Å². The number of carbonyl (C=O) groups is 3. The molecule has 6 atom stereocenters. The zero-order valence-corrected chi connectivity index (χ0v) is 27.3. The highest BCUT2D eigenvalue weighted by molar-refractivity contribution is 6.35. The van der Waals surface area contributed by atoms with E-state index in [0.717, 1.165) is 11.1 Å². The molecule has 3 unspecified atom stereocenters. The van der Waals surface area contributed by atoms with Crippen LogP contribution >= 0.6 is 11.6 Å². The molecule has 1 saturated heterocycles. The van der Waals surface area contributed by atoms with Gasteiger partial charge in [-0.2, -0.15) is 18.4 Å². The molecular weight excluding hydrogens is 637 g/mol. The Bertz CT molecular complexity index is 1760. The molecule has 250 valence electrons. The number of nitriles is 1. The highest BCUT2D eigenvalue weighted by atomic mass is 35.5. The van der Waals surface area contributed by atoms with Crippen LogP contribution in [0.25, 0.3) is 10.9 Å². The van der Waals surface area contributed by atoms with Crippen LogP contribution in [0, 0.1) is 40.0 Å². The average Bonchev–Trinajstić information content (AvgIpc) is 3.90. The van der Waals surface area contributed by atoms with Gasteiger partial charge >= 0.3 is 12.1 Å². The molecule has 4 fully saturated rings. The van der Waals surface area contributed by atoms with Gasteiger partial charge in [0.1, 0.15) is 18.1 Å². The first kappa shape index (κ1) is 33.1. The lowest BCUT2D eigenvalue weighted by molar-refractivity contribution is -0.177. The Labute approximate surface area is 275 Å². The summed E-state index contributed by atoms with van der Waals surface area (Å²) >= 11 is 6.30. The Kier molecular flexibility index (Phi) is 7.65. The van der Waals surface area contributed by atoms with Crippen molar-refractivity contribution >= 4 is 40.2 Å². The molecule has 10 nitrogen and oxygen atoms in total. The van der Waals surface area contributed by atoms with Gasteiger partial charge in [-0.1, -0.05) is 31.9 Å². The number of nitrogens with zero attached hydrogens (tertiary/aromatic N) is 4. The minimum absolute atomic E-state index is 0.158. The minimum atomic E-state index is -5.22. The fourth-order valence-electron chi connectivity index (χ4n) is 8.27. The number of aryl methyl sites for hydroxylation is 1. The molecule has 14 heteroatoms. The maximum absolute atomic E-state index is 14.0. The predicted octanol–water partition coefficient (Wildman–Crippen LogP) is 4.09. The van der Waals surface area contributed by atoms with E-state index >= 15 is 0 Å². The van der Waals surface area contributed by atoms with E-state index in [0.29, 0.717) is 42.5 Å². The number of nitrogens with one attached hydrogen (secondary N) is 2. The number of rotatable bonds is 11. The zero-order valence-electron chi connectivity index (χ0n) is 26.5. The molecule has 3 aliphatic carbocycles. The maximum Gasteiger partial charge on any atom is 0.471 e. The number of piperidine rings is 2. The van der Waals surface area contributed by atoms with Gasteiger partial charge in [0.25, 0.3) is 0 Å². The quantitative estimate of drug-likeness (QED) is 0.346. The van der Waals surface area contributed by atoms with Crippen molar-refractivity contribution in [3.8, 4) is 18.5 Å². The number of hydrogen-bond acceptors (Lipinski definition) is 6. The van der Waals surface area contributed by atoms with Crippen molar-refractivity contribution in [2.45, 2.75) is 102 Å². The molecule has 2 aromatic rings. The summed E-state index contributed by atoms with van der Waals surface area (Å²) in [6.07, 6.45) is 7.54. The largest absolute Gasteiger partial charge is 0.471 e. The lowest BCUT2D eigenvalue weighted by Gasteiger charge is -2.41. The smallest absolute Gasteiger partial charge is 0.370 e. The number of carbonyl (C=O) groups excluding carboxylic acids is 3. The van der Waals surface area contributed by atoms with Gasteiger partial charge in [0, 0.05) is 47.4 Å². The fourth-order valence-corrected chi connectivity index (χ4v) is 8.51. The van der Waals surface area contributed by atoms with Crippen LogP contribution in [0.5, 0.6) is 0 Å². The van der Waals surface area contributed by atoms with Crippen LogP contribution in [0.3, 0.4) is 0 Å². The molecular formula is C33H36ClF3N6O4. The van der Waals surface area contributed by atoms with Gasteiger partial charge in [-0.25, -0.2) is 0 Å². The number of ether oxygens (including phenoxy) is 1. The van der Waals surface area contributed by atoms with Gasteiger partial charge in [-0.05, 0) is 63.4 Å². The van der Waals surface area contributed by atoms with E-state index in [-0.39, 0.29) is 23.8 Å². The molecule has 4 aliphatic rings. The molecule has 3 amide bonds. The third kappa shape index (κ3) is 5.05. The molecule has 2 N–H and O–H groups in total. The SMILES string of the molecule is C#Cn1cc(Cl)c2cncc(CCCC(C#N)NC(=O)[C@H]3N(C(=O)[C@@H](NC(=O)C(F)(F)F)[C@@H](C)OC4(C)CC4)CC45CC34C5(C)C)c21. The van der Waals surface area contributed by atoms with Crippen LogP contribution in [0.2, 0.25) is 5.02 Å². The predicted molar refractivity (Wildman–Crippen MR) is 164 cm³/mol. The van der Waals surface area contributed by atoms with Gasteiger partial charge in [0.05, 0.1) is 28.3 Å². The standard InChI is InChI=1S/C33H36ClF3N6O4/c1-6-42-15-22(34)21-14-39-13-19(24(21)42)8-7-9-20(12-38)40-26(44)25-32-16-31(32,29(32,3)4)17-43(25)27(45)23(41-28(46)33(35,36)37)18(2)47-30(5)10-11-30/h1,13-15,18,20,23,25H,7-11,16-17H2,2-5H3,(H,40,44)(H,41,46)/t18-,20?,23+,25-,31?,32?/m1/s1. The van der Waals surface area contributed by atoms with Crippen LogP contribution < -0.4 is 10.6 Å². The number of hydrogen-bond donors (Lipinski definition) is 2. The van der Waals surface area contributed by atoms with Crippen LogP contribution in [0.4, 0.5) is 13.2 Å². The molecule has 0 spiro atoms. The normalized spacial score (nSPS) is 27.8. The van der Waals surface area contributed by atoms with Crippen LogP contribution in [-0.4, -0.2) is 74.7 Å². The highest BCUT2D eigenvalue weighted by Crippen LogP contribution is 3.00. The maximum atomic E-state index is 14.0. The zero-order chi connectivity index (χ0) is 34.3. The first-order valence-corrected chi connectivity index (χ1v) is 16.0. The van der Waals surface area contributed by atoms with Gasteiger partial charge in [0.2, 0.25) is 11.8 Å². The van der Waals surface area contributed by atoms with Crippen molar-refractivity contribution in [1.82, 2.24) is 25.1 Å². The summed E-state index contributed by atoms with van der Waals surface area (Å²) < 4.78 is 47.5. The third-order valence-corrected chi connectivity index (χ3v) is 11.6. The van der Waals surface area contributed by atoms with Crippen molar-refractivity contribution in [3.05, 3.63) is 29.2 Å². The monoisotopic (exact) mass is 672 g/mol. The fraction of sp³-hybridized carbons (Fsp3) is 0.606. The summed E-state index contributed by atoms with van der Waals surface area (Å²) in [7, 11) is 0. The number of likely N-dealkylation sites (tertiary alicyclic amines) is 1. The Balaban J connectivity index is 1.18. The average molecular weight is 673 g/mol. The summed E-state index contributed by atoms with van der Waals surface area (Å²) in [5.41, 5.74) is -0.229. The number of amides is 3. The van der Waals surface area contributed by atoms with Crippen molar-refractivity contribution in [2.75, 3.05) is 6.54 Å². The molecule has 0 radical (unpaired) electrons. The number of alkyl halides is 3. The van der Waals surface area contributed by atoms with E-state index in [1.807, 2.05) is 19.2 Å². The number of aromatic nitrogens is 2. The first-order valence-electron chi connectivity index (χ1n) is 15.6. The molecule has 47 heavy (non-hydrogen) atoms. The molecule has 1 aliphatic heterocycles. The molecule has 2 aromatic heterocycles. The van der Waals surface area contributed by atoms with E-state index < -0.39 is 59.1 Å². The summed E-state index contributed by atoms with van der Waals surface area (Å²) in [6.45, 7) is 7.41. The molecule has 0 bridgehead atoms. The third-order valence-electron chi connectivity index (χ3n) is 11.3. The summed E-state index contributed by atoms with van der Waals surface area (Å²) in [5.74, 6) is -3.62. The molecule has 0 aromatic carbocycles. The van der Waals surface area contributed by atoms with Gasteiger partial charge in [-0.15, -0.1) is 0 Å². The second kappa shape index (κ2) is 10.9. The molecule has 3 heterocycles. The van der Waals surface area contributed by atoms with Gasteiger partial charge in [-0.3, -0.25) is 23.9 Å². The summed E-state index contributed by atoms with van der Waals surface area (Å²) in [6, 6.07) is 1.10. The van der Waals surface area contributed by atoms with E-state index in [1.165, 1.54) is 11.8 Å². The van der Waals surface area contributed by atoms with Crippen LogP contribution in [-0.2, 0) is 25.5 Å². The van der Waals surface area contributed by atoms with Crippen molar-refractivity contribution in [1.29, 1.82) is 5.26 Å². The lowest BCUT2D eigenvalue weighted by Crippen LogP contribution is -2.63. The van der Waals surface area contributed by atoms with E-state index in [4.69, 9.17) is 22.8 Å². The number of pyridine rings is 1. The van der Waals surface area contributed by atoms with Crippen molar-refractivity contribution in [3.63, 3.8) is 0 Å². The number of fused-ring (bicyclic) bond motifs is 1. The highest BCUT2D eigenvalue weighted by Gasteiger charge is 3.02. The summed E-state index contributed by atoms with van der Waals surface area (Å²) in [4.78, 5) is 45.6. The van der Waals surface area contributed by atoms with Crippen LogP contribution in [0.1, 0.15) is 65.4 Å². The topological polar surface area (TPSA) is 129 Å². The molecule has 3 saturated carbocycles. The number of halogens is 4. The minimum Gasteiger partial charge on any atom is -0.370 e. The van der Waals surface area contributed by atoms with E-state index in [9.17, 15) is 32.8 Å². The van der Waals surface area contributed by atoms with E-state index in [1.54, 1.807) is 30.1 Å². The van der Waals surface area contributed by atoms with E-state index in [2.05, 4.69) is 22.4 Å².